The average Bonchev–Trinajstić information content (AvgIpc) is 3.08. The molecule has 21 heavy (non-hydrogen) atoms. The maximum absolute atomic E-state index is 12.8. The first kappa shape index (κ1) is 14.6. The zero-order valence-corrected chi connectivity index (χ0v) is 13.4. The van der Waals surface area contributed by atoms with Gasteiger partial charge in [0.15, 0.2) is 0 Å². The lowest BCUT2D eigenvalue weighted by atomic mass is 10.0. The number of fused-ring (bicyclic) bond motifs is 1. The fourth-order valence-corrected chi connectivity index (χ4v) is 4.10. The van der Waals surface area contributed by atoms with Crippen molar-refractivity contribution >= 4 is 5.91 Å². The van der Waals surface area contributed by atoms with Crippen LogP contribution in [0, 0.1) is 0 Å². The average molecular weight is 285 g/mol. The molecule has 3 rings (SSSR count). The number of nitrogens with zero attached hydrogens (tertiary/aromatic N) is 1. The van der Waals surface area contributed by atoms with Crippen LogP contribution in [0.25, 0.3) is 0 Å². The highest BCUT2D eigenvalue weighted by molar-refractivity contribution is 5.79. The summed E-state index contributed by atoms with van der Waals surface area (Å²) in [5, 5.41) is 0. The Hall–Kier alpha value is -1.31. The van der Waals surface area contributed by atoms with Gasteiger partial charge in [-0.15, -0.1) is 0 Å². The van der Waals surface area contributed by atoms with E-state index in [-0.39, 0.29) is 0 Å². The van der Waals surface area contributed by atoms with Crippen molar-refractivity contribution in [2.45, 2.75) is 77.3 Å². The predicted molar refractivity (Wildman–Crippen MR) is 86.4 cm³/mol. The molecule has 1 aromatic carbocycles. The third-order valence-electron chi connectivity index (χ3n) is 5.08. The molecule has 0 spiro atoms. The Bertz CT molecular complexity index is 514. The van der Waals surface area contributed by atoms with Crippen LogP contribution >= 0.6 is 0 Å². The molecule has 1 saturated carbocycles. The van der Waals surface area contributed by atoms with Gasteiger partial charge in [-0.25, -0.2) is 0 Å². The minimum Gasteiger partial charge on any atom is -0.337 e. The zero-order chi connectivity index (χ0) is 14.8. The van der Waals surface area contributed by atoms with Gasteiger partial charge in [-0.2, -0.15) is 0 Å². The van der Waals surface area contributed by atoms with Crippen LogP contribution < -0.4 is 0 Å². The summed E-state index contributed by atoms with van der Waals surface area (Å²) >= 11 is 0. The Morgan fingerprint density at radius 2 is 1.86 bits per heavy atom. The number of carbonyl (C=O) groups excluding carboxylic acids is 1. The first-order valence-corrected chi connectivity index (χ1v) is 8.57. The minimum absolute atomic E-state index is 0.315. The Kier molecular flexibility index (Phi) is 4.32. The van der Waals surface area contributed by atoms with Gasteiger partial charge in [-0.1, -0.05) is 31.0 Å². The Labute approximate surface area is 128 Å². The van der Waals surface area contributed by atoms with Crippen molar-refractivity contribution in [3.05, 3.63) is 34.9 Å². The van der Waals surface area contributed by atoms with E-state index in [4.69, 9.17) is 0 Å². The molecule has 0 bridgehead atoms. The highest BCUT2D eigenvalue weighted by atomic mass is 16.2. The van der Waals surface area contributed by atoms with Crippen molar-refractivity contribution in [2.24, 2.45) is 0 Å². The van der Waals surface area contributed by atoms with Gasteiger partial charge < -0.3 is 4.90 Å². The van der Waals surface area contributed by atoms with Crippen molar-refractivity contribution in [1.29, 1.82) is 0 Å². The molecule has 1 aromatic rings. The fourth-order valence-electron chi connectivity index (χ4n) is 4.10. The number of hydrogen-bond acceptors (Lipinski definition) is 1. The monoisotopic (exact) mass is 285 g/mol. The molecule has 0 unspecified atom stereocenters. The van der Waals surface area contributed by atoms with Gasteiger partial charge in [0, 0.05) is 12.1 Å². The first-order chi connectivity index (χ1) is 10.1. The van der Waals surface area contributed by atoms with Crippen molar-refractivity contribution in [2.75, 3.05) is 0 Å². The maximum atomic E-state index is 12.8. The first-order valence-electron chi connectivity index (χ1n) is 8.57. The van der Waals surface area contributed by atoms with Crippen LogP contribution in [0.4, 0.5) is 0 Å². The summed E-state index contributed by atoms with van der Waals surface area (Å²) in [6.45, 7) is 4.30. The summed E-state index contributed by atoms with van der Waals surface area (Å²) < 4.78 is 0. The van der Waals surface area contributed by atoms with Crippen LogP contribution in [0.15, 0.2) is 18.2 Å². The molecule has 0 radical (unpaired) electrons. The molecule has 2 aliphatic rings. The minimum atomic E-state index is 0.315. The largest absolute Gasteiger partial charge is 0.337 e. The van der Waals surface area contributed by atoms with Crippen LogP contribution in [0.3, 0.4) is 0 Å². The summed E-state index contributed by atoms with van der Waals surface area (Å²) in [5.41, 5.74) is 4.16. The molecular weight excluding hydrogens is 258 g/mol. The molecule has 0 aliphatic heterocycles. The molecule has 0 atom stereocenters. The molecule has 2 aliphatic carbocycles. The van der Waals surface area contributed by atoms with E-state index in [9.17, 15) is 4.79 Å². The number of hydrogen-bond donors (Lipinski definition) is 0. The van der Waals surface area contributed by atoms with Crippen LogP contribution in [-0.4, -0.2) is 22.9 Å². The second-order valence-electron chi connectivity index (χ2n) is 6.97. The lowest BCUT2D eigenvalue weighted by molar-refractivity contribution is -0.134. The molecule has 1 fully saturated rings. The molecule has 0 aromatic heterocycles. The topological polar surface area (TPSA) is 20.3 Å². The van der Waals surface area contributed by atoms with E-state index in [0.29, 0.717) is 24.4 Å². The van der Waals surface area contributed by atoms with Gasteiger partial charge >= 0.3 is 0 Å². The van der Waals surface area contributed by atoms with E-state index in [1.165, 1.54) is 61.6 Å². The number of amides is 1. The number of rotatable bonds is 4. The quantitative estimate of drug-likeness (QED) is 0.821. The van der Waals surface area contributed by atoms with E-state index in [1.54, 1.807) is 0 Å². The standard InChI is InChI=1S/C19H27NO/c1-14(2)20(18-8-3-4-9-18)19(21)13-15-10-11-16-6-5-7-17(16)12-15/h10-12,14,18H,3-9,13H2,1-2H3. The Morgan fingerprint density at radius 1 is 1.14 bits per heavy atom. The Morgan fingerprint density at radius 3 is 2.57 bits per heavy atom. The zero-order valence-electron chi connectivity index (χ0n) is 13.4. The van der Waals surface area contributed by atoms with Crippen LogP contribution in [0.2, 0.25) is 0 Å². The smallest absolute Gasteiger partial charge is 0.227 e. The molecule has 0 N–H and O–H groups in total. The van der Waals surface area contributed by atoms with Gasteiger partial charge in [0.1, 0.15) is 0 Å². The van der Waals surface area contributed by atoms with Crippen LogP contribution in [-0.2, 0) is 24.1 Å². The van der Waals surface area contributed by atoms with Gasteiger partial charge in [-0.3, -0.25) is 4.79 Å². The van der Waals surface area contributed by atoms with E-state index < -0.39 is 0 Å². The Balaban J connectivity index is 1.71. The molecule has 0 saturated heterocycles. The van der Waals surface area contributed by atoms with Gasteiger partial charge in [0.05, 0.1) is 6.42 Å². The third-order valence-corrected chi connectivity index (χ3v) is 5.08. The van der Waals surface area contributed by atoms with E-state index in [1.807, 2.05) is 0 Å². The summed E-state index contributed by atoms with van der Waals surface area (Å²) in [4.78, 5) is 14.9. The number of carbonyl (C=O) groups is 1. The van der Waals surface area contributed by atoms with E-state index in [2.05, 4.69) is 36.9 Å². The molecule has 1 amide bonds. The molecule has 0 heterocycles. The second-order valence-corrected chi connectivity index (χ2v) is 6.97. The summed E-state index contributed by atoms with van der Waals surface area (Å²) in [6.07, 6.45) is 9.18. The number of benzene rings is 1. The maximum Gasteiger partial charge on any atom is 0.227 e. The van der Waals surface area contributed by atoms with Crippen LogP contribution in [0.5, 0.6) is 0 Å². The van der Waals surface area contributed by atoms with E-state index >= 15 is 0 Å². The highest BCUT2D eigenvalue weighted by Gasteiger charge is 2.28. The van der Waals surface area contributed by atoms with Gasteiger partial charge in [-0.05, 0) is 62.6 Å². The van der Waals surface area contributed by atoms with Crippen molar-refractivity contribution in [3.63, 3.8) is 0 Å². The lowest BCUT2D eigenvalue weighted by Crippen LogP contribution is -2.44. The molecular formula is C19H27NO. The summed E-state index contributed by atoms with van der Waals surface area (Å²) in [6, 6.07) is 7.46. The van der Waals surface area contributed by atoms with Crippen molar-refractivity contribution < 1.29 is 4.79 Å². The normalized spacial score (nSPS) is 18.2. The van der Waals surface area contributed by atoms with Crippen molar-refractivity contribution in [3.8, 4) is 0 Å². The summed E-state index contributed by atoms with van der Waals surface area (Å²) in [7, 11) is 0. The molecule has 114 valence electrons. The summed E-state index contributed by atoms with van der Waals surface area (Å²) in [5.74, 6) is 0.315. The SMILES string of the molecule is CC(C)N(C(=O)Cc1ccc2c(c1)CCC2)C1CCCC1. The van der Waals surface area contributed by atoms with Crippen LogP contribution in [0.1, 0.15) is 62.6 Å². The number of aryl methyl sites for hydroxylation is 2. The van der Waals surface area contributed by atoms with E-state index in [0.717, 1.165) is 0 Å². The molecule has 2 nitrogen and oxygen atoms in total. The highest BCUT2D eigenvalue weighted by Crippen LogP contribution is 2.27. The second kappa shape index (κ2) is 6.21. The van der Waals surface area contributed by atoms with Gasteiger partial charge in [0.25, 0.3) is 0 Å². The van der Waals surface area contributed by atoms with Gasteiger partial charge in [0.2, 0.25) is 5.91 Å². The van der Waals surface area contributed by atoms with Crippen molar-refractivity contribution in [1.82, 2.24) is 4.90 Å². The predicted octanol–water partition coefficient (Wildman–Crippen LogP) is 3.90. The third kappa shape index (κ3) is 3.14. The molecule has 2 heteroatoms. The fraction of sp³-hybridized carbons (Fsp3) is 0.632. The lowest BCUT2D eigenvalue weighted by Gasteiger charge is -2.33.